The minimum absolute atomic E-state index is 0.277. The van der Waals surface area contributed by atoms with Gasteiger partial charge >= 0.3 is 5.97 Å². The quantitative estimate of drug-likeness (QED) is 0.460. The molecule has 5 nitrogen and oxygen atoms in total. The summed E-state index contributed by atoms with van der Waals surface area (Å²) in [5.41, 5.74) is 1.63. The lowest BCUT2D eigenvalue weighted by atomic mass is 10.2. The van der Waals surface area contributed by atoms with Gasteiger partial charge in [0.15, 0.2) is 6.61 Å². The Balaban J connectivity index is 1.65. The molecular formula is C20H16BrNO4. The normalized spacial score (nSPS) is 10.3. The zero-order valence-corrected chi connectivity index (χ0v) is 15.4. The number of aromatic nitrogens is 1. The van der Waals surface area contributed by atoms with Crippen LogP contribution < -0.4 is 4.74 Å². The summed E-state index contributed by atoms with van der Waals surface area (Å²) in [5, 5.41) is 0. The first-order chi connectivity index (χ1) is 12.6. The van der Waals surface area contributed by atoms with Crippen molar-refractivity contribution in [3.8, 4) is 5.75 Å². The predicted molar refractivity (Wildman–Crippen MR) is 100 cm³/mol. The van der Waals surface area contributed by atoms with Crippen molar-refractivity contribution < 1.29 is 19.1 Å². The zero-order valence-electron chi connectivity index (χ0n) is 13.8. The number of hydrogen-bond acceptors (Lipinski definition) is 4. The molecule has 3 aromatic rings. The fraction of sp³-hybridized carbons (Fsp3) is 0.100. The smallest absolute Gasteiger partial charge is 0.342 e. The number of nitrogens with one attached hydrogen (secondary N) is 1. The Kier molecular flexibility index (Phi) is 5.86. The van der Waals surface area contributed by atoms with E-state index < -0.39 is 5.97 Å². The van der Waals surface area contributed by atoms with Crippen LogP contribution in [0, 0.1) is 0 Å². The molecule has 0 bridgehead atoms. The second-order valence-corrected chi connectivity index (χ2v) is 6.31. The lowest BCUT2D eigenvalue weighted by Crippen LogP contribution is -2.15. The van der Waals surface area contributed by atoms with Crippen LogP contribution in [0.25, 0.3) is 0 Å². The number of Topliss-reactive ketones (excluding diaryl/α,β-unsaturated/α-hetero) is 1. The van der Waals surface area contributed by atoms with Gasteiger partial charge in [-0.05, 0) is 30.3 Å². The molecule has 0 radical (unpaired) electrons. The molecule has 0 atom stereocenters. The van der Waals surface area contributed by atoms with E-state index in [0.29, 0.717) is 18.1 Å². The van der Waals surface area contributed by atoms with Gasteiger partial charge in [-0.15, -0.1) is 0 Å². The van der Waals surface area contributed by atoms with Crippen molar-refractivity contribution in [3.63, 3.8) is 0 Å². The Morgan fingerprint density at radius 2 is 1.73 bits per heavy atom. The van der Waals surface area contributed by atoms with E-state index in [1.54, 1.807) is 42.6 Å². The van der Waals surface area contributed by atoms with Crippen LogP contribution in [0.5, 0.6) is 5.75 Å². The molecule has 0 unspecified atom stereocenters. The standard InChI is InChI=1S/C20H16BrNO4/c21-16-8-3-1-6-14(16)12-25-19-10-4-2-7-15(19)20(24)26-13-18(23)17-9-5-11-22-17/h1-11,22H,12-13H2. The molecule has 132 valence electrons. The molecule has 0 fully saturated rings. The number of aromatic amines is 1. The number of halogens is 1. The highest BCUT2D eigenvalue weighted by Crippen LogP contribution is 2.23. The van der Waals surface area contributed by atoms with E-state index in [2.05, 4.69) is 20.9 Å². The van der Waals surface area contributed by atoms with Gasteiger partial charge < -0.3 is 14.5 Å². The SMILES string of the molecule is O=C(COC(=O)c1ccccc1OCc1ccccc1Br)c1ccc[nH]1. The highest BCUT2D eigenvalue weighted by Gasteiger charge is 2.16. The molecule has 1 N–H and O–H groups in total. The highest BCUT2D eigenvalue weighted by molar-refractivity contribution is 9.10. The summed E-state index contributed by atoms with van der Waals surface area (Å²) in [6.45, 7) is -0.0367. The van der Waals surface area contributed by atoms with Gasteiger partial charge in [0.25, 0.3) is 0 Å². The third kappa shape index (κ3) is 4.40. The summed E-state index contributed by atoms with van der Waals surface area (Å²) in [6, 6.07) is 17.8. The van der Waals surface area contributed by atoms with Gasteiger partial charge in [-0.25, -0.2) is 4.79 Å². The van der Waals surface area contributed by atoms with Crippen LogP contribution in [0.1, 0.15) is 26.4 Å². The number of H-pyrrole nitrogens is 1. The van der Waals surface area contributed by atoms with Crippen molar-refractivity contribution in [2.45, 2.75) is 6.61 Å². The number of para-hydroxylation sites is 1. The van der Waals surface area contributed by atoms with Crippen molar-refractivity contribution in [2.24, 2.45) is 0 Å². The van der Waals surface area contributed by atoms with Crippen molar-refractivity contribution in [3.05, 3.63) is 88.2 Å². The minimum Gasteiger partial charge on any atom is -0.488 e. The number of rotatable bonds is 7. The highest BCUT2D eigenvalue weighted by atomic mass is 79.9. The average molecular weight is 414 g/mol. The van der Waals surface area contributed by atoms with Crippen LogP contribution in [0.2, 0.25) is 0 Å². The monoisotopic (exact) mass is 413 g/mol. The minimum atomic E-state index is -0.604. The Morgan fingerprint density at radius 1 is 0.962 bits per heavy atom. The van der Waals surface area contributed by atoms with E-state index in [0.717, 1.165) is 10.0 Å². The van der Waals surface area contributed by atoms with E-state index in [4.69, 9.17) is 9.47 Å². The van der Waals surface area contributed by atoms with Gasteiger partial charge in [0.2, 0.25) is 5.78 Å². The van der Waals surface area contributed by atoms with Gasteiger partial charge in [-0.2, -0.15) is 0 Å². The van der Waals surface area contributed by atoms with E-state index in [1.165, 1.54) is 0 Å². The van der Waals surface area contributed by atoms with Crippen LogP contribution in [0.15, 0.2) is 71.3 Å². The van der Waals surface area contributed by atoms with E-state index in [9.17, 15) is 9.59 Å². The summed E-state index contributed by atoms with van der Waals surface area (Å²) in [5.74, 6) is -0.497. The molecule has 0 saturated heterocycles. The van der Waals surface area contributed by atoms with Crippen molar-refractivity contribution in [1.82, 2.24) is 4.98 Å². The summed E-state index contributed by atoms with van der Waals surface area (Å²) in [6.07, 6.45) is 1.64. The van der Waals surface area contributed by atoms with Gasteiger partial charge in [0, 0.05) is 16.2 Å². The van der Waals surface area contributed by atoms with Crippen LogP contribution in [0.3, 0.4) is 0 Å². The Morgan fingerprint density at radius 3 is 2.50 bits per heavy atom. The molecule has 6 heteroatoms. The molecular weight excluding hydrogens is 398 g/mol. The number of benzene rings is 2. The topological polar surface area (TPSA) is 68.4 Å². The number of carbonyl (C=O) groups excluding carboxylic acids is 2. The van der Waals surface area contributed by atoms with Gasteiger partial charge in [-0.3, -0.25) is 4.79 Å². The number of ether oxygens (including phenoxy) is 2. The zero-order chi connectivity index (χ0) is 18.4. The first-order valence-corrected chi connectivity index (χ1v) is 8.73. The van der Waals surface area contributed by atoms with Gasteiger partial charge in [-0.1, -0.05) is 46.3 Å². The molecule has 0 saturated carbocycles. The molecule has 1 aromatic heterocycles. The summed E-state index contributed by atoms with van der Waals surface area (Å²) < 4.78 is 11.8. The second kappa shape index (κ2) is 8.49. The first kappa shape index (κ1) is 17.9. The van der Waals surface area contributed by atoms with E-state index in [1.807, 2.05) is 24.3 Å². The lowest BCUT2D eigenvalue weighted by molar-refractivity contribution is 0.0469. The lowest BCUT2D eigenvalue weighted by Gasteiger charge is -2.12. The number of hydrogen-bond donors (Lipinski definition) is 1. The number of esters is 1. The average Bonchev–Trinajstić information content (AvgIpc) is 3.20. The first-order valence-electron chi connectivity index (χ1n) is 7.94. The fourth-order valence-corrected chi connectivity index (χ4v) is 2.72. The Labute approximate surface area is 159 Å². The third-order valence-corrected chi connectivity index (χ3v) is 4.45. The molecule has 0 aliphatic rings. The fourth-order valence-electron chi connectivity index (χ4n) is 2.32. The molecule has 3 rings (SSSR count). The Bertz CT molecular complexity index is 906. The predicted octanol–water partition coefficient (Wildman–Crippen LogP) is 4.40. The number of ketones is 1. The van der Waals surface area contributed by atoms with Crippen LogP contribution in [-0.2, 0) is 11.3 Å². The van der Waals surface area contributed by atoms with Gasteiger partial charge in [0.1, 0.15) is 17.9 Å². The summed E-state index contributed by atoms with van der Waals surface area (Å²) in [7, 11) is 0. The van der Waals surface area contributed by atoms with Crippen molar-refractivity contribution in [2.75, 3.05) is 6.61 Å². The largest absolute Gasteiger partial charge is 0.488 e. The van der Waals surface area contributed by atoms with E-state index in [-0.39, 0.29) is 18.0 Å². The maximum absolute atomic E-state index is 12.3. The molecule has 0 aliphatic heterocycles. The van der Waals surface area contributed by atoms with Crippen LogP contribution in [0.4, 0.5) is 0 Å². The summed E-state index contributed by atoms with van der Waals surface area (Å²) >= 11 is 3.46. The summed E-state index contributed by atoms with van der Waals surface area (Å²) in [4.78, 5) is 27.1. The molecule has 26 heavy (non-hydrogen) atoms. The third-order valence-electron chi connectivity index (χ3n) is 3.68. The van der Waals surface area contributed by atoms with Crippen molar-refractivity contribution >= 4 is 27.7 Å². The molecule has 0 aliphatic carbocycles. The van der Waals surface area contributed by atoms with E-state index >= 15 is 0 Å². The molecule has 1 heterocycles. The number of carbonyl (C=O) groups is 2. The van der Waals surface area contributed by atoms with Crippen LogP contribution in [-0.4, -0.2) is 23.3 Å². The maximum Gasteiger partial charge on any atom is 0.342 e. The molecule has 0 amide bonds. The second-order valence-electron chi connectivity index (χ2n) is 5.46. The molecule has 0 spiro atoms. The molecule has 2 aromatic carbocycles. The van der Waals surface area contributed by atoms with Gasteiger partial charge in [0.05, 0.1) is 5.69 Å². The maximum atomic E-state index is 12.3. The van der Waals surface area contributed by atoms with Crippen molar-refractivity contribution in [1.29, 1.82) is 0 Å². The van der Waals surface area contributed by atoms with Crippen LogP contribution >= 0.6 is 15.9 Å². The Hall–Kier alpha value is -2.86.